The molecule has 0 saturated heterocycles. The van der Waals surface area contributed by atoms with Crippen molar-refractivity contribution in [2.24, 2.45) is 0 Å². The predicted octanol–water partition coefficient (Wildman–Crippen LogP) is 4.40. The third kappa shape index (κ3) is 2.79. The van der Waals surface area contributed by atoms with Crippen LogP contribution in [-0.2, 0) is 6.61 Å². The summed E-state index contributed by atoms with van der Waals surface area (Å²) in [4.78, 5) is 0. The molecule has 0 fully saturated rings. The zero-order valence-corrected chi connectivity index (χ0v) is 11.0. The van der Waals surface area contributed by atoms with Gasteiger partial charge in [-0.1, -0.05) is 30.3 Å². The molecule has 0 bridgehead atoms. The number of phenols is 1. The molecule has 0 spiro atoms. The molecule has 0 aliphatic carbocycles. The van der Waals surface area contributed by atoms with E-state index in [1.165, 1.54) is 6.07 Å². The zero-order valence-electron chi connectivity index (χ0n) is 11.0. The zero-order chi connectivity index (χ0) is 14.8. The van der Waals surface area contributed by atoms with Crippen molar-refractivity contribution < 1.29 is 18.6 Å². The molecule has 2 nitrogen and oxygen atoms in total. The SMILES string of the molecule is Oc1cc2ccccc2cc1OCc1ccc(F)c(F)c1. The number of rotatable bonds is 3. The van der Waals surface area contributed by atoms with Crippen molar-refractivity contribution in [1.29, 1.82) is 0 Å². The molecule has 4 heteroatoms. The van der Waals surface area contributed by atoms with Gasteiger partial charge < -0.3 is 9.84 Å². The predicted molar refractivity (Wildman–Crippen MR) is 76.3 cm³/mol. The van der Waals surface area contributed by atoms with Crippen LogP contribution in [0, 0.1) is 11.6 Å². The van der Waals surface area contributed by atoms with E-state index in [0.29, 0.717) is 11.3 Å². The first-order valence-electron chi connectivity index (χ1n) is 6.42. The van der Waals surface area contributed by atoms with Gasteiger partial charge in [-0.05, 0) is 40.6 Å². The molecular formula is C17H12F2O2. The summed E-state index contributed by atoms with van der Waals surface area (Å²) in [5.74, 6) is -1.50. The van der Waals surface area contributed by atoms with E-state index >= 15 is 0 Å². The summed E-state index contributed by atoms with van der Waals surface area (Å²) in [6.07, 6.45) is 0. The topological polar surface area (TPSA) is 29.5 Å². The largest absolute Gasteiger partial charge is 0.504 e. The average Bonchev–Trinajstić information content (AvgIpc) is 2.48. The van der Waals surface area contributed by atoms with E-state index in [0.717, 1.165) is 22.9 Å². The third-order valence-corrected chi connectivity index (χ3v) is 3.21. The second-order valence-electron chi connectivity index (χ2n) is 4.70. The highest BCUT2D eigenvalue weighted by atomic mass is 19.2. The van der Waals surface area contributed by atoms with Gasteiger partial charge in [0.15, 0.2) is 23.1 Å². The van der Waals surface area contributed by atoms with Crippen LogP contribution in [0.15, 0.2) is 54.6 Å². The lowest BCUT2D eigenvalue weighted by molar-refractivity contribution is 0.288. The van der Waals surface area contributed by atoms with Crippen molar-refractivity contribution in [1.82, 2.24) is 0 Å². The van der Waals surface area contributed by atoms with E-state index in [4.69, 9.17) is 4.74 Å². The van der Waals surface area contributed by atoms with Gasteiger partial charge in [-0.15, -0.1) is 0 Å². The minimum Gasteiger partial charge on any atom is -0.504 e. The van der Waals surface area contributed by atoms with E-state index in [1.54, 1.807) is 12.1 Å². The minimum atomic E-state index is -0.918. The summed E-state index contributed by atoms with van der Waals surface area (Å²) in [7, 11) is 0. The Morgan fingerprint density at radius 3 is 2.29 bits per heavy atom. The van der Waals surface area contributed by atoms with Crippen LogP contribution in [0.5, 0.6) is 11.5 Å². The Morgan fingerprint density at radius 2 is 1.57 bits per heavy atom. The fourth-order valence-electron chi connectivity index (χ4n) is 2.11. The van der Waals surface area contributed by atoms with E-state index in [-0.39, 0.29) is 12.4 Å². The van der Waals surface area contributed by atoms with Crippen molar-refractivity contribution >= 4 is 10.8 Å². The molecule has 3 aromatic rings. The molecular weight excluding hydrogens is 274 g/mol. The standard InChI is InChI=1S/C17H12F2O2/c18-14-6-5-11(7-15(14)19)10-21-17-9-13-4-2-1-3-12(13)8-16(17)20/h1-9,20H,10H2. The number of halogens is 2. The number of benzene rings is 3. The van der Waals surface area contributed by atoms with Gasteiger partial charge in [0.05, 0.1) is 0 Å². The summed E-state index contributed by atoms with van der Waals surface area (Å²) in [5.41, 5.74) is 0.487. The van der Waals surface area contributed by atoms with Crippen LogP contribution in [0.2, 0.25) is 0 Å². The summed E-state index contributed by atoms with van der Waals surface area (Å²) < 4.78 is 31.4. The number of fused-ring (bicyclic) bond motifs is 1. The molecule has 0 aliphatic heterocycles. The maximum atomic E-state index is 13.1. The molecule has 0 aromatic heterocycles. The molecule has 0 atom stereocenters. The maximum Gasteiger partial charge on any atom is 0.162 e. The van der Waals surface area contributed by atoms with E-state index in [9.17, 15) is 13.9 Å². The van der Waals surface area contributed by atoms with Gasteiger partial charge >= 0.3 is 0 Å². The van der Waals surface area contributed by atoms with Crippen LogP contribution in [0.1, 0.15) is 5.56 Å². The van der Waals surface area contributed by atoms with E-state index < -0.39 is 11.6 Å². The van der Waals surface area contributed by atoms with Crippen molar-refractivity contribution in [3.05, 3.63) is 71.8 Å². The molecule has 0 aliphatic rings. The quantitative estimate of drug-likeness (QED) is 0.773. The highest BCUT2D eigenvalue weighted by molar-refractivity contribution is 5.85. The van der Waals surface area contributed by atoms with Crippen LogP contribution in [0.25, 0.3) is 10.8 Å². The lowest BCUT2D eigenvalue weighted by Gasteiger charge is -2.10. The van der Waals surface area contributed by atoms with Crippen LogP contribution >= 0.6 is 0 Å². The van der Waals surface area contributed by atoms with Gasteiger partial charge in [0.1, 0.15) is 6.61 Å². The Bertz CT molecular complexity index is 800. The Balaban J connectivity index is 1.84. The fraction of sp³-hybridized carbons (Fsp3) is 0.0588. The van der Waals surface area contributed by atoms with Crippen molar-refractivity contribution in [3.8, 4) is 11.5 Å². The Labute approximate surface area is 120 Å². The Hall–Kier alpha value is -2.62. The van der Waals surface area contributed by atoms with Crippen molar-refractivity contribution in [2.75, 3.05) is 0 Å². The molecule has 0 unspecified atom stereocenters. The molecule has 3 rings (SSSR count). The van der Waals surface area contributed by atoms with Crippen molar-refractivity contribution in [3.63, 3.8) is 0 Å². The van der Waals surface area contributed by atoms with Crippen LogP contribution in [0.3, 0.4) is 0 Å². The van der Waals surface area contributed by atoms with Crippen molar-refractivity contribution in [2.45, 2.75) is 6.61 Å². The number of ether oxygens (including phenoxy) is 1. The van der Waals surface area contributed by atoms with Gasteiger partial charge in [0, 0.05) is 0 Å². The highest BCUT2D eigenvalue weighted by Crippen LogP contribution is 2.31. The fourth-order valence-corrected chi connectivity index (χ4v) is 2.11. The highest BCUT2D eigenvalue weighted by Gasteiger charge is 2.07. The lowest BCUT2D eigenvalue weighted by atomic mass is 10.1. The molecule has 0 radical (unpaired) electrons. The number of phenolic OH excluding ortho intramolecular Hbond substituents is 1. The maximum absolute atomic E-state index is 13.1. The molecule has 3 aromatic carbocycles. The first-order valence-corrected chi connectivity index (χ1v) is 6.42. The Morgan fingerprint density at radius 1 is 0.857 bits per heavy atom. The smallest absolute Gasteiger partial charge is 0.162 e. The molecule has 0 heterocycles. The molecule has 21 heavy (non-hydrogen) atoms. The van der Waals surface area contributed by atoms with Crippen LogP contribution in [0.4, 0.5) is 8.78 Å². The molecule has 0 amide bonds. The molecule has 0 saturated carbocycles. The molecule has 106 valence electrons. The normalized spacial score (nSPS) is 10.8. The summed E-state index contributed by atoms with van der Waals surface area (Å²) in [6.45, 7) is 0.0447. The number of aromatic hydroxyl groups is 1. The summed E-state index contributed by atoms with van der Waals surface area (Å²) in [6, 6.07) is 14.4. The Kier molecular flexibility index (Phi) is 3.44. The van der Waals surface area contributed by atoms with Gasteiger partial charge in [0.2, 0.25) is 0 Å². The monoisotopic (exact) mass is 286 g/mol. The summed E-state index contributed by atoms with van der Waals surface area (Å²) in [5, 5.41) is 11.8. The van der Waals surface area contributed by atoms with Gasteiger partial charge in [-0.25, -0.2) is 8.78 Å². The van der Waals surface area contributed by atoms with Crippen LogP contribution < -0.4 is 4.74 Å². The van der Waals surface area contributed by atoms with E-state index in [2.05, 4.69) is 0 Å². The molecule has 1 N–H and O–H groups in total. The average molecular weight is 286 g/mol. The summed E-state index contributed by atoms with van der Waals surface area (Å²) >= 11 is 0. The van der Waals surface area contributed by atoms with Gasteiger partial charge in [-0.3, -0.25) is 0 Å². The number of hydrogen-bond acceptors (Lipinski definition) is 2. The number of hydrogen-bond donors (Lipinski definition) is 1. The van der Waals surface area contributed by atoms with Gasteiger partial charge in [0.25, 0.3) is 0 Å². The lowest BCUT2D eigenvalue weighted by Crippen LogP contribution is -1.97. The first-order chi connectivity index (χ1) is 10.1. The van der Waals surface area contributed by atoms with Crippen LogP contribution in [-0.4, -0.2) is 5.11 Å². The third-order valence-electron chi connectivity index (χ3n) is 3.21. The second kappa shape index (κ2) is 5.40. The minimum absolute atomic E-state index is 0.0104. The van der Waals surface area contributed by atoms with Gasteiger partial charge in [-0.2, -0.15) is 0 Å². The van der Waals surface area contributed by atoms with E-state index in [1.807, 2.05) is 24.3 Å². The first kappa shape index (κ1) is 13.4. The second-order valence-corrected chi connectivity index (χ2v) is 4.70.